The Morgan fingerprint density at radius 3 is 2.68 bits per heavy atom. The SMILES string of the molecule is CC/C=C(C)\C=C(/COc1cc(F)ccc1F)S(=O)(=O)N=CCN1CCCC1. The highest BCUT2D eigenvalue weighted by molar-refractivity contribution is 7.94. The maximum atomic E-state index is 13.8. The fourth-order valence-electron chi connectivity index (χ4n) is 2.84. The average Bonchev–Trinajstić information content (AvgIpc) is 3.14. The molecule has 0 amide bonds. The van der Waals surface area contributed by atoms with Crippen LogP contribution in [0.25, 0.3) is 0 Å². The molecule has 5 nitrogen and oxygen atoms in total. The molecule has 8 heteroatoms. The second kappa shape index (κ2) is 10.5. The van der Waals surface area contributed by atoms with Gasteiger partial charge in [0.05, 0.1) is 0 Å². The zero-order chi connectivity index (χ0) is 20.6. The van der Waals surface area contributed by atoms with Crippen LogP contribution in [0.1, 0.15) is 33.1 Å². The largest absolute Gasteiger partial charge is 0.485 e. The maximum absolute atomic E-state index is 13.8. The van der Waals surface area contributed by atoms with E-state index in [0.717, 1.165) is 56.1 Å². The third-order valence-corrected chi connectivity index (χ3v) is 5.59. The van der Waals surface area contributed by atoms with E-state index >= 15 is 0 Å². The third kappa shape index (κ3) is 6.83. The fourth-order valence-corrected chi connectivity index (χ4v) is 3.78. The van der Waals surface area contributed by atoms with Crippen molar-refractivity contribution in [1.29, 1.82) is 0 Å². The summed E-state index contributed by atoms with van der Waals surface area (Å²) in [5.41, 5.74) is 0.721. The zero-order valence-corrected chi connectivity index (χ0v) is 17.0. The van der Waals surface area contributed by atoms with Gasteiger partial charge in [0.2, 0.25) is 0 Å². The summed E-state index contributed by atoms with van der Waals surface area (Å²) in [5.74, 6) is -1.79. The molecule has 0 aliphatic carbocycles. The molecule has 0 radical (unpaired) electrons. The molecule has 1 aromatic carbocycles. The first-order valence-electron chi connectivity index (χ1n) is 9.28. The lowest BCUT2D eigenvalue weighted by atomic mass is 10.2. The Hall–Kier alpha value is -2.06. The van der Waals surface area contributed by atoms with Crippen molar-refractivity contribution in [2.75, 3.05) is 26.2 Å². The summed E-state index contributed by atoms with van der Waals surface area (Å²) in [7, 11) is -4.00. The van der Waals surface area contributed by atoms with E-state index < -0.39 is 28.3 Å². The van der Waals surface area contributed by atoms with E-state index in [4.69, 9.17) is 4.74 Å². The van der Waals surface area contributed by atoms with E-state index in [-0.39, 0.29) is 10.7 Å². The number of nitrogens with zero attached hydrogens (tertiary/aromatic N) is 2. The number of halogens is 2. The first-order chi connectivity index (χ1) is 13.3. The van der Waals surface area contributed by atoms with Crippen LogP contribution in [-0.4, -0.2) is 45.8 Å². The fraction of sp³-hybridized carbons (Fsp3) is 0.450. The molecule has 1 aromatic rings. The first-order valence-corrected chi connectivity index (χ1v) is 10.7. The number of benzene rings is 1. The summed E-state index contributed by atoms with van der Waals surface area (Å²) in [5, 5.41) is 0. The average molecular weight is 413 g/mol. The van der Waals surface area contributed by atoms with Gasteiger partial charge in [0.15, 0.2) is 11.6 Å². The van der Waals surface area contributed by atoms with Gasteiger partial charge in [-0.05, 0) is 57.5 Å². The molecular weight excluding hydrogens is 386 g/mol. The van der Waals surface area contributed by atoms with E-state index in [1.807, 2.05) is 13.0 Å². The summed E-state index contributed by atoms with van der Waals surface area (Å²) in [6, 6.07) is 2.77. The molecule has 0 atom stereocenters. The minimum Gasteiger partial charge on any atom is -0.485 e. The predicted octanol–water partition coefficient (Wildman–Crippen LogP) is 4.08. The van der Waals surface area contributed by atoms with Crippen molar-refractivity contribution >= 4 is 16.2 Å². The third-order valence-electron chi connectivity index (χ3n) is 4.26. The maximum Gasteiger partial charge on any atom is 0.281 e. The minimum atomic E-state index is -4.00. The molecule has 28 heavy (non-hydrogen) atoms. The van der Waals surface area contributed by atoms with Gasteiger partial charge in [-0.1, -0.05) is 18.6 Å². The van der Waals surface area contributed by atoms with Crippen LogP contribution in [0.2, 0.25) is 0 Å². The van der Waals surface area contributed by atoms with E-state index in [1.165, 1.54) is 12.3 Å². The quantitative estimate of drug-likeness (QED) is 0.453. The lowest BCUT2D eigenvalue weighted by molar-refractivity contribution is 0.335. The Bertz CT molecular complexity index is 858. The van der Waals surface area contributed by atoms with Gasteiger partial charge in [-0.3, -0.25) is 4.90 Å². The molecule has 1 saturated heterocycles. The molecule has 0 unspecified atom stereocenters. The number of likely N-dealkylation sites (tertiary alicyclic amines) is 1. The van der Waals surface area contributed by atoms with Crippen LogP contribution in [0.15, 0.2) is 45.2 Å². The van der Waals surface area contributed by atoms with Crippen molar-refractivity contribution < 1.29 is 21.9 Å². The molecule has 0 spiro atoms. The lowest BCUT2D eigenvalue weighted by Gasteiger charge is -2.11. The van der Waals surface area contributed by atoms with Gasteiger partial charge in [-0.25, -0.2) is 8.78 Å². The van der Waals surface area contributed by atoms with E-state index in [2.05, 4.69) is 9.30 Å². The smallest absolute Gasteiger partial charge is 0.281 e. The molecule has 1 fully saturated rings. The van der Waals surface area contributed by atoms with E-state index in [1.54, 1.807) is 6.92 Å². The van der Waals surface area contributed by atoms with Crippen LogP contribution in [0, 0.1) is 11.6 Å². The van der Waals surface area contributed by atoms with Crippen LogP contribution >= 0.6 is 0 Å². The second-order valence-electron chi connectivity index (χ2n) is 6.60. The number of hydrogen-bond donors (Lipinski definition) is 0. The van der Waals surface area contributed by atoms with Crippen molar-refractivity contribution in [3.05, 3.63) is 52.5 Å². The Labute approximate surface area is 165 Å². The highest BCUT2D eigenvalue weighted by Gasteiger charge is 2.19. The number of sulfonamides is 1. The van der Waals surface area contributed by atoms with Crippen LogP contribution in [-0.2, 0) is 10.0 Å². The van der Waals surface area contributed by atoms with Gasteiger partial charge in [0, 0.05) is 18.8 Å². The summed E-state index contributed by atoms with van der Waals surface area (Å²) in [6.07, 6.45) is 7.60. The highest BCUT2D eigenvalue weighted by Crippen LogP contribution is 2.21. The molecule has 0 aromatic heterocycles. The van der Waals surface area contributed by atoms with Crippen molar-refractivity contribution in [3.8, 4) is 5.75 Å². The summed E-state index contributed by atoms with van der Waals surface area (Å²) in [6.45, 7) is 5.55. The lowest BCUT2D eigenvalue weighted by Crippen LogP contribution is -2.22. The topological polar surface area (TPSA) is 59.0 Å². The van der Waals surface area contributed by atoms with Crippen molar-refractivity contribution in [2.24, 2.45) is 4.40 Å². The van der Waals surface area contributed by atoms with Crippen molar-refractivity contribution in [3.63, 3.8) is 0 Å². The predicted molar refractivity (Wildman–Crippen MR) is 107 cm³/mol. The Kier molecular flexibility index (Phi) is 8.32. The first kappa shape index (κ1) is 22.2. The van der Waals surface area contributed by atoms with E-state index in [9.17, 15) is 17.2 Å². The normalized spacial score (nSPS) is 16.9. The molecule has 0 saturated carbocycles. The monoisotopic (exact) mass is 412 g/mol. The Balaban J connectivity index is 2.18. The van der Waals surface area contributed by atoms with Crippen molar-refractivity contribution in [1.82, 2.24) is 4.90 Å². The zero-order valence-electron chi connectivity index (χ0n) is 16.2. The van der Waals surface area contributed by atoms with Gasteiger partial charge in [0.25, 0.3) is 10.0 Å². The molecule has 1 aliphatic heterocycles. The van der Waals surface area contributed by atoms with Crippen LogP contribution in [0.3, 0.4) is 0 Å². The van der Waals surface area contributed by atoms with Gasteiger partial charge >= 0.3 is 0 Å². The molecule has 1 heterocycles. The summed E-state index contributed by atoms with van der Waals surface area (Å²) >= 11 is 0. The van der Waals surface area contributed by atoms with Crippen LogP contribution in [0.4, 0.5) is 8.78 Å². The number of hydrogen-bond acceptors (Lipinski definition) is 4. The Morgan fingerprint density at radius 2 is 2.00 bits per heavy atom. The van der Waals surface area contributed by atoms with Crippen LogP contribution < -0.4 is 4.74 Å². The summed E-state index contributed by atoms with van der Waals surface area (Å²) in [4.78, 5) is 2.00. The number of ether oxygens (including phenoxy) is 1. The molecule has 0 N–H and O–H groups in total. The standard InChI is InChI=1S/C20H26F2N2O3S/c1-3-6-16(2)13-18(15-27-20-14-17(21)7-8-19(20)22)28(25,26)23-9-12-24-10-4-5-11-24/h6-9,13-14H,3-5,10-12,15H2,1-2H3/b16-6-,18-13+,23-9?. The molecule has 1 aliphatic rings. The molecule has 0 bridgehead atoms. The number of allylic oxidation sites excluding steroid dienone is 3. The van der Waals surface area contributed by atoms with Gasteiger partial charge in [-0.15, -0.1) is 0 Å². The van der Waals surface area contributed by atoms with E-state index in [0.29, 0.717) is 6.54 Å². The van der Waals surface area contributed by atoms with Gasteiger partial charge in [0.1, 0.15) is 17.3 Å². The summed E-state index contributed by atoms with van der Waals surface area (Å²) < 4.78 is 61.4. The van der Waals surface area contributed by atoms with Crippen molar-refractivity contribution in [2.45, 2.75) is 33.1 Å². The van der Waals surface area contributed by atoms with Gasteiger partial charge < -0.3 is 4.74 Å². The molecule has 154 valence electrons. The number of rotatable bonds is 9. The Morgan fingerprint density at radius 1 is 1.29 bits per heavy atom. The molecule has 2 rings (SSSR count). The highest BCUT2D eigenvalue weighted by atomic mass is 32.2. The minimum absolute atomic E-state index is 0.115. The van der Waals surface area contributed by atoms with Crippen LogP contribution in [0.5, 0.6) is 5.75 Å². The van der Waals surface area contributed by atoms with Gasteiger partial charge in [-0.2, -0.15) is 12.8 Å². The second-order valence-corrected chi connectivity index (χ2v) is 8.29. The molecular formula is C20H26F2N2O3S.